The summed E-state index contributed by atoms with van der Waals surface area (Å²) >= 11 is 0. The molecular formula is C16H24N4O4S. The molecular weight excluding hydrogens is 344 g/mol. The Balaban J connectivity index is 2.25. The Morgan fingerprint density at radius 3 is 2.44 bits per heavy atom. The molecule has 138 valence electrons. The van der Waals surface area contributed by atoms with E-state index in [-0.39, 0.29) is 12.1 Å². The Bertz CT molecular complexity index is 757. The van der Waals surface area contributed by atoms with Crippen molar-refractivity contribution in [1.29, 1.82) is 0 Å². The number of rotatable bonds is 6. The first-order chi connectivity index (χ1) is 11.7. The van der Waals surface area contributed by atoms with E-state index >= 15 is 0 Å². The Kier molecular flexibility index (Phi) is 6.02. The fourth-order valence-corrected chi connectivity index (χ4v) is 3.06. The third-order valence-electron chi connectivity index (χ3n) is 4.18. The van der Waals surface area contributed by atoms with Gasteiger partial charge in [0.1, 0.15) is 0 Å². The summed E-state index contributed by atoms with van der Waals surface area (Å²) in [5.41, 5.74) is 6.88. The van der Waals surface area contributed by atoms with Crippen LogP contribution >= 0.6 is 0 Å². The number of primary amides is 1. The van der Waals surface area contributed by atoms with Crippen molar-refractivity contribution in [2.45, 2.75) is 19.3 Å². The average molecular weight is 368 g/mol. The lowest BCUT2D eigenvalue weighted by Crippen LogP contribution is -2.35. The molecule has 3 N–H and O–H groups in total. The molecule has 0 radical (unpaired) electrons. The van der Waals surface area contributed by atoms with Crippen LogP contribution in [0.2, 0.25) is 0 Å². The topological polar surface area (TPSA) is 113 Å². The third kappa shape index (κ3) is 5.17. The maximum Gasteiger partial charge on any atom is 0.248 e. The first kappa shape index (κ1) is 19.2. The molecule has 1 aliphatic rings. The zero-order chi connectivity index (χ0) is 18.6. The molecule has 0 atom stereocenters. The highest BCUT2D eigenvalue weighted by molar-refractivity contribution is 7.88. The minimum Gasteiger partial charge on any atom is -0.370 e. The maximum absolute atomic E-state index is 12.2. The molecule has 1 aliphatic heterocycles. The van der Waals surface area contributed by atoms with Crippen molar-refractivity contribution in [2.24, 2.45) is 5.73 Å². The van der Waals surface area contributed by atoms with Crippen molar-refractivity contribution in [1.82, 2.24) is 4.31 Å². The number of anilines is 2. The number of piperidine rings is 1. The summed E-state index contributed by atoms with van der Waals surface area (Å²) in [6.07, 6.45) is 4.31. The second kappa shape index (κ2) is 7.83. The Labute approximate surface area is 148 Å². The second-order valence-electron chi connectivity index (χ2n) is 6.21. The van der Waals surface area contributed by atoms with Gasteiger partial charge in [0.25, 0.3) is 0 Å². The summed E-state index contributed by atoms with van der Waals surface area (Å²) in [5, 5.41) is 2.71. The number of likely N-dealkylation sites (N-methyl/N-ethyl adjacent to an activating group) is 1. The van der Waals surface area contributed by atoms with Crippen molar-refractivity contribution >= 4 is 33.2 Å². The van der Waals surface area contributed by atoms with Gasteiger partial charge in [-0.05, 0) is 37.5 Å². The van der Waals surface area contributed by atoms with Crippen LogP contribution in [0.4, 0.5) is 11.4 Å². The van der Waals surface area contributed by atoms with Gasteiger partial charge in [-0.15, -0.1) is 0 Å². The highest BCUT2D eigenvalue weighted by Crippen LogP contribution is 2.29. The predicted molar refractivity (Wildman–Crippen MR) is 97.1 cm³/mol. The Hall–Kier alpha value is -2.13. The molecule has 0 spiro atoms. The molecule has 9 heteroatoms. The number of hydrogen-bond acceptors (Lipinski definition) is 5. The van der Waals surface area contributed by atoms with E-state index in [4.69, 9.17) is 5.73 Å². The number of carbonyl (C=O) groups is 2. The van der Waals surface area contributed by atoms with Crippen molar-refractivity contribution < 1.29 is 18.0 Å². The normalized spacial score (nSPS) is 15.2. The van der Waals surface area contributed by atoms with Gasteiger partial charge >= 0.3 is 0 Å². The molecule has 25 heavy (non-hydrogen) atoms. The maximum atomic E-state index is 12.2. The van der Waals surface area contributed by atoms with E-state index in [0.29, 0.717) is 5.69 Å². The van der Waals surface area contributed by atoms with E-state index < -0.39 is 21.8 Å². The third-order valence-corrected chi connectivity index (χ3v) is 5.45. The van der Waals surface area contributed by atoms with Crippen LogP contribution in [-0.4, -0.2) is 57.5 Å². The largest absolute Gasteiger partial charge is 0.370 e. The van der Waals surface area contributed by atoms with E-state index in [1.807, 2.05) is 0 Å². The summed E-state index contributed by atoms with van der Waals surface area (Å²) < 4.78 is 23.9. The van der Waals surface area contributed by atoms with E-state index in [9.17, 15) is 18.0 Å². The number of hydrogen-bond donors (Lipinski definition) is 2. The van der Waals surface area contributed by atoms with E-state index in [0.717, 1.165) is 48.6 Å². The van der Waals surface area contributed by atoms with Crippen LogP contribution in [-0.2, 0) is 14.8 Å². The molecule has 1 saturated heterocycles. The van der Waals surface area contributed by atoms with Gasteiger partial charge in [0.2, 0.25) is 21.8 Å². The molecule has 0 bridgehead atoms. The lowest BCUT2D eigenvalue weighted by molar-refractivity contribution is -0.116. The van der Waals surface area contributed by atoms with Crippen LogP contribution < -0.4 is 16.0 Å². The number of nitrogens with one attached hydrogen (secondary N) is 1. The number of nitrogens with zero attached hydrogens (tertiary/aromatic N) is 2. The molecule has 1 aromatic carbocycles. The summed E-state index contributed by atoms with van der Waals surface area (Å²) in [7, 11) is -2.12. The van der Waals surface area contributed by atoms with Crippen LogP contribution in [0.15, 0.2) is 18.2 Å². The minimum absolute atomic E-state index is 0.285. The zero-order valence-electron chi connectivity index (χ0n) is 14.5. The Morgan fingerprint density at radius 1 is 1.24 bits per heavy atom. The van der Waals surface area contributed by atoms with Crippen molar-refractivity contribution in [2.75, 3.05) is 43.2 Å². The molecule has 2 amide bonds. The van der Waals surface area contributed by atoms with Gasteiger partial charge in [-0.2, -0.15) is 4.31 Å². The molecule has 0 aliphatic carbocycles. The molecule has 0 aromatic heterocycles. The number of sulfonamides is 1. The van der Waals surface area contributed by atoms with Crippen LogP contribution in [0.5, 0.6) is 0 Å². The summed E-state index contributed by atoms with van der Waals surface area (Å²) in [6.45, 7) is 1.42. The van der Waals surface area contributed by atoms with Gasteiger partial charge < -0.3 is 16.0 Å². The predicted octanol–water partition coefficient (Wildman–Crippen LogP) is 0.606. The van der Waals surface area contributed by atoms with Crippen LogP contribution in [0.1, 0.15) is 29.6 Å². The summed E-state index contributed by atoms with van der Waals surface area (Å²) in [4.78, 5) is 25.8. The van der Waals surface area contributed by atoms with Crippen molar-refractivity contribution in [3.8, 4) is 0 Å². The lowest BCUT2D eigenvalue weighted by Gasteiger charge is -2.31. The summed E-state index contributed by atoms with van der Waals surface area (Å²) in [6, 6.07) is 4.93. The molecule has 1 fully saturated rings. The second-order valence-corrected chi connectivity index (χ2v) is 8.30. The first-order valence-corrected chi connectivity index (χ1v) is 9.93. The van der Waals surface area contributed by atoms with E-state index in [2.05, 4.69) is 10.2 Å². The molecule has 1 heterocycles. The number of amides is 2. The number of carbonyl (C=O) groups excluding carboxylic acids is 2. The number of benzene rings is 1. The Morgan fingerprint density at radius 2 is 1.88 bits per heavy atom. The summed E-state index contributed by atoms with van der Waals surface area (Å²) in [5.74, 6) is -1.07. The molecule has 0 unspecified atom stereocenters. The lowest BCUT2D eigenvalue weighted by atomic mass is 10.1. The molecule has 2 rings (SSSR count). The van der Waals surface area contributed by atoms with Crippen LogP contribution in [0.25, 0.3) is 0 Å². The average Bonchev–Trinajstić information content (AvgIpc) is 2.54. The molecule has 8 nitrogen and oxygen atoms in total. The van der Waals surface area contributed by atoms with Gasteiger partial charge in [0, 0.05) is 25.7 Å². The minimum atomic E-state index is -3.45. The smallest absolute Gasteiger partial charge is 0.248 e. The van der Waals surface area contributed by atoms with Gasteiger partial charge in [-0.1, -0.05) is 0 Å². The quantitative estimate of drug-likeness (QED) is 0.764. The SMILES string of the molecule is CN(CC(=O)Nc1cc(C(N)=O)ccc1N1CCCCC1)S(C)(=O)=O. The zero-order valence-corrected chi connectivity index (χ0v) is 15.3. The fourth-order valence-electron chi connectivity index (χ4n) is 2.71. The number of nitrogens with two attached hydrogens (primary N) is 1. The van der Waals surface area contributed by atoms with E-state index in [1.54, 1.807) is 12.1 Å². The fraction of sp³-hybridized carbons (Fsp3) is 0.500. The van der Waals surface area contributed by atoms with Gasteiger partial charge in [-0.3, -0.25) is 9.59 Å². The standard InChI is InChI=1S/C16H24N4O4S/c1-19(25(2,23)24)11-15(21)18-13-10-12(16(17)22)6-7-14(13)20-8-4-3-5-9-20/h6-7,10H,3-5,8-9,11H2,1-2H3,(H2,17,22)(H,18,21). The van der Waals surface area contributed by atoms with Crippen molar-refractivity contribution in [3.05, 3.63) is 23.8 Å². The first-order valence-electron chi connectivity index (χ1n) is 8.08. The molecule has 1 aromatic rings. The van der Waals surface area contributed by atoms with Gasteiger partial charge in [0.05, 0.1) is 24.2 Å². The van der Waals surface area contributed by atoms with Crippen LogP contribution in [0.3, 0.4) is 0 Å². The van der Waals surface area contributed by atoms with Gasteiger partial charge in [-0.25, -0.2) is 8.42 Å². The monoisotopic (exact) mass is 368 g/mol. The van der Waals surface area contributed by atoms with E-state index in [1.165, 1.54) is 13.1 Å². The molecule has 0 saturated carbocycles. The highest BCUT2D eigenvalue weighted by atomic mass is 32.2. The van der Waals surface area contributed by atoms with Crippen LogP contribution in [0, 0.1) is 0 Å². The highest BCUT2D eigenvalue weighted by Gasteiger charge is 2.20. The van der Waals surface area contributed by atoms with Gasteiger partial charge in [0.15, 0.2) is 0 Å². The van der Waals surface area contributed by atoms with Crippen molar-refractivity contribution in [3.63, 3.8) is 0 Å².